The van der Waals surface area contributed by atoms with E-state index in [9.17, 15) is 18.8 Å². The Morgan fingerprint density at radius 2 is 1.68 bits per heavy atom. The van der Waals surface area contributed by atoms with Crippen LogP contribution in [0.25, 0.3) is 10.9 Å². The Balaban J connectivity index is 1.21. The van der Waals surface area contributed by atoms with Crippen LogP contribution in [0.5, 0.6) is 23.0 Å². The summed E-state index contributed by atoms with van der Waals surface area (Å²) in [6.07, 6.45) is 3.34. The van der Waals surface area contributed by atoms with Gasteiger partial charge in [0.05, 0.1) is 25.4 Å². The summed E-state index contributed by atoms with van der Waals surface area (Å²) < 4.78 is 45.3. The number of nitrogens with zero attached hydrogens (tertiary/aromatic N) is 3. The lowest BCUT2D eigenvalue weighted by atomic mass is 10.1. The van der Waals surface area contributed by atoms with Crippen LogP contribution in [0, 0.1) is 17.6 Å². The highest BCUT2D eigenvalue weighted by molar-refractivity contribution is 6.25. The molecule has 0 bridgehead atoms. The summed E-state index contributed by atoms with van der Waals surface area (Å²) >= 11 is 0. The third-order valence-electron chi connectivity index (χ3n) is 7.29. The maximum atomic E-state index is 15.2. The van der Waals surface area contributed by atoms with Crippen LogP contribution in [-0.4, -0.2) is 54.6 Å². The fourth-order valence-corrected chi connectivity index (χ4v) is 4.83. The normalized spacial score (nSPS) is 16.7. The Morgan fingerprint density at radius 3 is 2.36 bits per heavy atom. The number of fused-ring (bicyclic) bond motifs is 1. The van der Waals surface area contributed by atoms with E-state index in [2.05, 4.69) is 15.7 Å². The molecule has 1 aliphatic carbocycles. The van der Waals surface area contributed by atoms with E-state index in [1.54, 1.807) is 18.2 Å². The largest absolute Gasteiger partial charge is 0.493 e. The van der Waals surface area contributed by atoms with Gasteiger partial charge < -0.3 is 19.5 Å². The number of benzene rings is 3. The van der Waals surface area contributed by atoms with Gasteiger partial charge in [0.1, 0.15) is 11.6 Å². The molecule has 2 N–H and O–H groups in total. The van der Waals surface area contributed by atoms with Crippen LogP contribution < -0.4 is 29.9 Å². The third kappa shape index (κ3) is 5.69. The number of halogens is 2. The highest BCUT2D eigenvalue weighted by atomic mass is 19.1. The smallest absolute Gasteiger partial charge is 0.345 e. The van der Waals surface area contributed by atoms with E-state index in [-0.39, 0.29) is 29.6 Å². The number of aromatic nitrogens is 1. The van der Waals surface area contributed by atoms with Gasteiger partial charge in [0.15, 0.2) is 29.1 Å². The zero-order valence-electron chi connectivity index (χ0n) is 23.7. The Hall–Kier alpha value is -5.30. The molecule has 0 radical (unpaired) electrons. The fourth-order valence-electron chi connectivity index (χ4n) is 4.83. The molecule has 0 spiro atoms. The average Bonchev–Trinajstić information content (AvgIpc) is 3.84. The quantitative estimate of drug-likeness (QED) is 0.256. The number of amides is 4. The molecule has 3 aromatic carbocycles. The molecule has 1 aliphatic heterocycles. The lowest BCUT2D eigenvalue weighted by molar-refractivity contribution is -0.130. The number of carbonyl (C=O) groups excluding carboxylic acids is 3. The molecular weight excluding hydrogens is 576 g/mol. The Bertz CT molecular complexity index is 1770. The van der Waals surface area contributed by atoms with Crippen molar-refractivity contribution in [2.75, 3.05) is 31.0 Å². The number of pyridine rings is 1. The molecule has 1 atom stereocenters. The van der Waals surface area contributed by atoms with Crippen molar-refractivity contribution >= 4 is 40.1 Å². The first kappa shape index (κ1) is 28.8. The SMILES string of the molecule is COc1cc2nccc(Oc3ccc(NC(=O)C4NN(CC5CC5)C(=O)N(c5ccc(F)cc5)C4=O)cc3F)c2cc1OC. The zero-order valence-corrected chi connectivity index (χ0v) is 23.7. The first-order valence-corrected chi connectivity index (χ1v) is 13.7. The van der Waals surface area contributed by atoms with Gasteiger partial charge in [0, 0.05) is 35.9 Å². The van der Waals surface area contributed by atoms with E-state index < -0.39 is 35.5 Å². The molecule has 13 heteroatoms. The molecule has 226 valence electrons. The van der Waals surface area contributed by atoms with Crippen molar-refractivity contribution in [1.82, 2.24) is 15.4 Å². The van der Waals surface area contributed by atoms with Crippen LogP contribution in [0.2, 0.25) is 0 Å². The van der Waals surface area contributed by atoms with Crippen molar-refractivity contribution in [3.05, 3.63) is 78.5 Å². The van der Waals surface area contributed by atoms with E-state index >= 15 is 4.39 Å². The fraction of sp³-hybridized carbons (Fsp3) is 0.226. The molecule has 1 unspecified atom stereocenters. The second-order valence-corrected chi connectivity index (χ2v) is 10.3. The Morgan fingerprint density at radius 1 is 0.955 bits per heavy atom. The summed E-state index contributed by atoms with van der Waals surface area (Å²) in [5.74, 6) is -1.66. The summed E-state index contributed by atoms with van der Waals surface area (Å²) in [7, 11) is 3.00. The van der Waals surface area contributed by atoms with Gasteiger partial charge in [-0.15, -0.1) is 0 Å². The number of methoxy groups -OCH3 is 2. The molecule has 1 saturated carbocycles. The Kier molecular flexibility index (Phi) is 7.70. The minimum Gasteiger partial charge on any atom is -0.493 e. The van der Waals surface area contributed by atoms with Crippen molar-refractivity contribution in [2.45, 2.75) is 18.9 Å². The molecule has 44 heavy (non-hydrogen) atoms. The van der Waals surface area contributed by atoms with Gasteiger partial charge in [-0.3, -0.25) is 19.6 Å². The average molecular weight is 604 g/mol. The summed E-state index contributed by atoms with van der Waals surface area (Å²) in [5, 5.41) is 4.31. The van der Waals surface area contributed by atoms with Crippen LogP contribution >= 0.6 is 0 Å². The van der Waals surface area contributed by atoms with Gasteiger partial charge in [0.2, 0.25) is 0 Å². The van der Waals surface area contributed by atoms with Crippen molar-refractivity contribution in [3.8, 4) is 23.0 Å². The van der Waals surface area contributed by atoms with Crippen LogP contribution in [-0.2, 0) is 9.59 Å². The van der Waals surface area contributed by atoms with Crippen molar-refractivity contribution in [2.24, 2.45) is 5.92 Å². The molecule has 11 nitrogen and oxygen atoms in total. The van der Waals surface area contributed by atoms with Gasteiger partial charge in [0.25, 0.3) is 11.8 Å². The number of urea groups is 1. The number of hydrogen-bond donors (Lipinski definition) is 2. The minimum absolute atomic E-state index is 0.0550. The maximum absolute atomic E-state index is 15.2. The molecule has 1 aromatic heterocycles. The summed E-state index contributed by atoms with van der Waals surface area (Å²) in [5.41, 5.74) is 3.43. The van der Waals surface area contributed by atoms with Crippen molar-refractivity contribution < 1.29 is 37.4 Å². The van der Waals surface area contributed by atoms with E-state index in [1.165, 1.54) is 49.7 Å². The van der Waals surface area contributed by atoms with Crippen LogP contribution in [0.4, 0.5) is 25.0 Å². The number of carbonyl (C=O) groups is 3. The monoisotopic (exact) mass is 603 g/mol. The van der Waals surface area contributed by atoms with Crippen LogP contribution in [0.1, 0.15) is 12.8 Å². The van der Waals surface area contributed by atoms with Crippen LogP contribution in [0.3, 0.4) is 0 Å². The summed E-state index contributed by atoms with van der Waals surface area (Å²) in [6.45, 7) is 0.288. The number of imide groups is 1. The zero-order chi connectivity index (χ0) is 31.0. The summed E-state index contributed by atoms with van der Waals surface area (Å²) in [4.78, 5) is 45.0. The lowest BCUT2D eigenvalue weighted by Crippen LogP contribution is -2.69. The molecule has 4 aromatic rings. The lowest BCUT2D eigenvalue weighted by Gasteiger charge is -2.38. The molecule has 1 saturated heterocycles. The molecule has 6 rings (SSSR count). The molecule has 2 fully saturated rings. The molecule has 2 heterocycles. The molecular formula is C31H27F2N5O6. The predicted octanol–water partition coefficient (Wildman–Crippen LogP) is 5.01. The van der Waals surface area contributed by atoms with Gasteiger partial charge in [-0.2, -0.15) is 0 Å². The number of ether oxygens (including phenoxy) is 3. The molecule has 2 aliphatic rings. The van der Waals surface area contributed by atoms with Gasteiger partial charge in [-0.25, -0.2) is 23.9 Å². The van der Waals surface area contributed by atoms with E-state index in [0.717, 1.165) is 35.9 Å². The predicted molar refractivity (Wildman–Crippen MR) is 156 cm³/mol. The highest BCUT2D eigenvalue weighted by Crippen LogP contribution is 2.38. The van der Waals surface area contributed by atoms with Crippen molar-refractivity contribution in [3.63, 3.8) is 0 Å². The van der Waals surface area contributed by atoms with E-state index in [4.69, 9.17) is 14.2 Å². The number of rotatable bonds is 9. The van der Waals surface area contributed by atoms with Gasteiger partial charge in [-0.05, 0) is 67.3 Å². The highest BCUT2D eigenvalue weighted by Gasteiger charge is 2.45. The standard InChI is InChI=1S/C31H27F2N5O6/c1-42-26-14-21-23(15-27(26)43-2)34-12-11-24(21)44-25-10-7-19(13-22(25)33)35-29(39)28-30(40)38(20-8-5-18(32)6-9-20)31(41)37(36-28)16-17-3-4-17/h5-15,17,28,36H,3-4,16H2,1-2H3,(H,35,39). The number of nitrogens with one attached hydrogen (secondary N) is 2. The first-order valence-electron chi connectivity index (χ1n) is 13.7. The first-order chi connectivity index (χ1) is 21.2. The Labute approximate surface area is 250 Å². The third-order valence-corrected chi connectivity index (χ3v) is 7.29. The maximum Gasteiger partial charge on any atom is 0.345 e. The second-order valence-electron chi connectivity index (χ2n) is 10.3. The van der Waals surface area contributed by atoms with Crippen molar-refractivity contribution in [1.29, 1.82) is 0 Å². The number of hydrogen-bond acceptors (Lipinski definition) is 8. The summed E-state index contributed by atoms with van der Waals surface area (Å²) in [6, 6.07) is 11.3. The number of hydrazine groups is 1. The van der Waals surface area contributed by atoms with E-state index in [0.29, 0.717) is 28.2 Å². The molecule has 4 amide bonds. The topological polar surface area (TPSA) is 122 Å². The number of anilines is 2. The van der Waals surface area contributed by atoms with Crippen LogP contribution in [0.15, 0.2) is 66.9 Å². The van der Waals surface area contributed by atoms with Gasteiger partial charge in [-0.1, -0.05) is 0 Å². The minimum atomic E-state index is -1.51. The van der Waals surface area contributed by atoms with Gasteiger partial charge >= 0.3 is 6.03 Å². The van der Waals surface area contributed by atoms with E-state index in [1.807, 2.05) is 0 Å². The second kappa shape index (κ2) is 11.8.